The number of hydrogen-bond acceptors (Lipinski definition) is 5. The molecule has 65 heavy (non-hydrogen) atoms. The van der Waals surface area contributed by atoms with Crippen LogP contribution in [0.4, 0.5) is 0 Å². The number of allylic oxidation sites excluding steroid dienone is 2. The van der Waals surface area contributed by atoms with Gasteiger partial charge < -0.3 is 20.3 Å². The highest BCUT2D eigenvalue weighted by Gasteiger charge is 2.20. The normalized spacial score (nSPS) is 12.6. The third kappa shape index (κ3) is 51.8. The predicted octanol–water partition coefficient (Wildman–Crippen LogP) is 18.1. The molecule has 6 heteroatoms. The molecule has 0 aliphatic rings. The van der Waals surface area contributed by atoms with Crippen LogP contribution in [-0.4, -0.2) is 47.4 Å². The number of rotatable bonds is 55. The molecule has 0 heterocycles. The number of amides is 1. The molecule has 0 spiro atoms. The molecule has 1 amide bonds. The van der Waals surface area contributed by atoms with Crippen molar-refractivity contribution in [3.63, 3.8) is 0 Å². The van der Waals surface area contributed by atoms with Crippen molar-refractivity contribution in [2.24, 2.45) is 0 Å². The van der Waals surface area contributed by atoms with Crippen LogP contribution in [0.2, 0.25) is 0 Å². The van der Waals surface area contributed by atoms with E-state index >= 15 is 0 Å². The highest BCUT2D eigenvalue weighted by atomic mass is 16.5. The molecule has 0 radical (unpaired) electrons. The van der Waals surface area contributed by atoms with Crippen molar-refractivity contribution in [1.82, 2.24) is 5.32 Å². The molecule has 3 N–H and O–H groups in total. The van der Waals surface area contributed by atoms with Gasteiger partial charge in [0.05, 0.1) is 25.4 Å². The van der Waals surface area contributed by atoms with Gasteiger partial charge in [0.2, 0.25) is 5.91 Å². The number of aliphatic hydroxyl groups excluding tert-OH is 2. The van der Waals surface area contributed by atoms with E-state index in [1.165, 1.54) is 238 Å². The summed E-state index contributed by atoms with van der Waals surface area (Å²) in [6, 6.07) is -0.559. The van der Waals surface area contributed by atoms with Crippen LogP contribution in [0.25, 0.3) is 0 Å². The van der Waals surface area contributed by atoms with E-state index in [-0.39, 0.29) is 18.5 Å². The molecule has 2 atom stereocenters. The van der Waals surface area contributed by atoms with Gasteiger partial charge in [-0.05, 0) is 51.4 Å². The lowest BCUT2D eigenvalue weighted by Gasteiger charge is -2.22. The first-order valence-corrected chi connectivity index (χ1v) is 29.4. The molecule has 0 bridgehead atoms. The van der Waals surface area contributed by atoms with Crippen molar-refractivity contribution in [3.05, 3.63) is 12.2 Å². The molecule has 2 unspecified atom stereocenters. The smallest absolute Gasteiger partial charge is 0.305 e. The fourth-order valence-electron chi connectivity index (χ4n) is 9.28. The van der Waals surface area contributed by atoms with E-state index in [1.807, 2.05) is 0 Å². The third-order valence-electron chi connectivity index (χ3n) is 13.8. The second-order valence-corrected chi connectivity index (χ2v) is 20.3. The standard InChI is InChI=1S/C59H115NO5/c1-3-5-7-9-11-13-15-17-19-20-21-22-23-24-25-26-28-29-31-35-39-43-47-51-57(62)56(55-61)60-58(63)52-48-44-40-36-33-34-38-42-46-50-54-65-59(64)53-49-45-41-37-32-30-27-18-16-14-12-10-8-6-4-2/h18,27,56-57,61-62H,3-17,19-26,28-55H2,1-2H3,(H,60,63)/b27-18-. The number of nitrogens with one attached hydrogen (secondary N) is 1. The van der Waals surface area contributed by atoms with Gasteiger partial charge >= 0.3 is 5.97 Å². The van der Waals surface area contributed by atoms with Crippen LogP contribution in [0.5, 0.6) is 0 Å². The molecule has 0 aliphatic carbocycles. The van der Waals surface area contributed by atoms with E-state index in [0.717, 1.165) is 57.8 Å². The lowest BCUT2D eigenvalue weighted by molar-refractivity contribution is -0.143. The zero-order chi connectivity index (χ0) is 47.2. The first-order valence-electron chi connectivity index (χ1n) is 29.4. The van der Waals surface area contributed by atoms with Crippen LogP contribution in [-0.2, 0) is 14.3 Å². The number of carbonyl (C=O) groups is 2. The van der Waals surface area contributed by atoms with Crippen LogP contribution in [0, 0.1) is 0 Å². The summed E-state index contributed by atoms with van der Waals surface area (Å²) in [6.07, 6.45) is 64.9. The summed E-state index contributed by atoms with van der Waals surface area (Å²) < 4.78 is 5.46. The summed E-state index contributed by atoms with van der Waals surface area (Å²) in [7, 11) is 0. The zero-order valence-corrected chi connectivity index (χ0v) is 44.0. The summed E-state index contributed by atoms with van der Waals surface area (Å²) in [5.41, 5.74) is 0. The summed E-state index contributed by atoms with van der Waals surface area (Å²) >= 11 is 0. The molecule has 0 fully saturated rings. The monoisotopic (exact) mass is 918 g/mol. The Morgan fingerprint density at radius 1 is 0.415 bits per heavy atom. The zero-order valence-electron chi connectivity index (χ0n) is 44.0. The summed E-state index contributed by atoms with van der Waals surface area (Å²) in [4.78, 5) is 24.6. The van der Waals surface area contributed by atoms with Gasteiger partial charge in [-0.3, -0.25) is 9.59 Å². The molecule has 0 aliphatic heterocycles. The van der Waals surface area contributed by atoms with E-state index in [1.54, 1.807) is 0 Å². The lowest BCUT2D eigenvalue weighted by atomic mass is 10.0. The largest absolute Gasteiger partial charge is 0.466 e. The molecule has 0 saturated heterocycles. The van der Waals surface area contributed by atoms with Crippen LogP contribution in [0.1, 0.15) is 328 Å². The second kappa shape index (κ2) is 55.2. The Labute approximate surface area is 406 Å². The molecular weight excluding hydrogens is 803 g/mol. The maximum absolute atomic E-state index is 12.5. The van der Waals surface area contributed by atoms with Gasteiger partial charge in [-0.2, -0.15) is 0 Å². The Balaban J connectivity index is 3.46. The predicted molar refractivity (Wildman–Crippen MR) is 283 cm³/mol. The van der Waals surface area contributed by atoms with E-state index in [4.69, 9.17) is 4.74 Å². The fraction of sp³-hybridized carbons (Fsp3) is 0.932. The van der Waals surface area contributed by atoms with E-state index in [0.29, 0.717) is 25.9 Å². The summed E-state index contributed by atoms with van der Waals surface area (Å²) in [5, 5.41) is 23.3. The van der Waals surface area contributed by atoms with Crippen LogP contribution in [0.15, 0.2) is 12.2 Å². The minimum atomic E-state index is -0.680. The minimum Gasteiger partial charge on any atom is -0.466 e. The number of esters is 1. The van der Waals surface area contributed by atoms with Crippen molar-refractivity contribution in [2.75, 3.05) is 13.2 Å². The Morgan fingerprint density at radius 2 is 0.723 bits per heavy atom. The van der Waals surface area contributed by atoms with Gasteiger partial charge in [-0.25, -0.2) is 0 Å². The SMILES string of the molecule is CCCCCCCC/C=C\CCCCCCCC(=O)OCCCCCCCCCCCCC(=O)NC(CO)C(O)CCCCCCCCCCCCCCCCCCCCCCCCC. The number of ether oxygens (including phenoxy) is 1. The Morgan fingerprint density at radius 3 is 1.09 bits per heavy atom. The molecule has 0 aromatic carbocycles. The topological polar surface area (TPSA) is 95.9 Å². The Bertz CT molecular complexity index is 970. The maximum Gasteiger partial charge on any atom is 0.305 e. The highest BCUT2D eigenvalue weighted by Crippen LogP contribution is 2.18. The van der Waals surface area contributed by atoms with Gasteiger partial charge in [0.15, 0.2) is 0 Å². The quantitative estimate of drug-likeness (QED) is 0.0321. The molecule has 0 rings (SSSR count). The second-order valence-electron chi connectivity index (χ2n) is 20.3. The van der Waals surface area contributed by atoms with Crippen LogP contribution in [0.3, 0.4) is 0 Å². The van der Waals surface area contributed by atoms with Crippen molar-refractivity contribution in [1.29, 1.82) is 0 Å². The number of carbonyl (C=O) groups excluding carboxylic acids is 2. The van der Waals surface area contributed by atoms with E-state index < -0.39 is 12.1 Å². The maximum atomic E-state index is 12.5. The van der Waals surface area contributed by atoms with Crippen LogP contribution >= 0.6 is 0 Å². The average Bonchev–Trinajstić information content (AvgIpc) is 3.31. The molecule has 6 nitrogen and oxygen atoms in total. The average molecular weight is 919 g/mol. The molecule has 0 aromatic rings. The first kappa shape index (κ1) is 63.6. The summed E-state index contributed by atoms with van der Waals surface area (Å²) in [6.45, 7) is 4.92. The van der Waals surface area contributed by atoms with Gasteiger partial charge in [0.25, 0.3) is 0 Å². The number of unbranched alkanes of at least 4 members (excludes halogenated alkanes) is 42. The van der Waals surface area contributed by atoms with Gasteiger partial charge in [0, 0.05) is 12.8 Å². The minimum absolute atomic E-state index is 0.0254. The highest BCUT2D eigenvalue weighted by molar-refractivity contribution is 5.76. The van der Waals surface area contributed by atoms with Gasteiger partial charge in [-0.15, -0.1) is 0 Å². The van der Waals surface area contributed by atoms with Crippen molar-refractivity contribution in [2.45, 2.75) is 341 Å². The summed E-state index contributed by atoms with van der Waals surface area (Å²) in [5.74, 6) is -0.0799. The van der Waals surface area contributed by atoms with E-state index in [9.17, 15) is 19.8 Å². The fourth-order valence-corrected chi connectivity index (χ4v) is 9.28. The van der Waals surface area contributed by atoms with E-state index in [2.05, 4.69) is 31.3 Å². The van der Waals surface area contributed by atoms with Crippen molar-refractivity contribution in [3.8, 4) is 0 Å². The number of hydrogen-bond donors (Lipinski definition) is 3. The number of aliphatic hydroxyl groups is 2. The van der Waals surface area contributed by atoms with Gasteiger partial charge in [0.1, 0.15) is 0 Å². The van der Waals surface area contributed by atoms with Crippen molar-refractivity contribution < 1.29 is 24.5 Å². The van der Waals surface area contributed by atoms with Gasteiger partial charge in [-0.1, -0.05) is 276 Å². The van der Waals surface area contributed by atoms with Crippen LogP contribution < -0.4 is 5.32 Å². The Hall–Kier alpha value is -1.40. The van der Waals surface area contributed by atoms with Crippen molar-refractivity contribution >= 4 is 11.9 Å². The molecule has 0 aromatic heterocycles. The molecule has 386 valence electrons. The lowest BCUT2D eigenvalue weighted by Crippen LogP contribution is -2.45. The molecular formula is C59H115NO5. The first-order chi connectivity index (χ1) is 32.0. The third-order valence-corrected chi connectivity index (χ3v) is 13.8. The molecule has 0 saturated carbocycles. The Kier molecular flexibility index (Phi) is 54.0.